The molecule has 30 heavy (non-hydrogen) atoms. The van der Waals surface area contributed by atoms with Crippen LogP contribution in [0, 0.1) is 13.8 Å². The molecule has 7 heteroatoms. The lowest BCUT2D eigenvalue weighted by atomic mass is 10.1. The van der Waals surface area contributed by atoms with Crippen molar-refractivity contribution in [3.8, 4) is 5.69 Å². The molecule has 1 heterocycles. The molecular formula is C23H23N3O4. The molecule has 1 amide bonds. The number of nitrogens with zero attached hydrogens (tertiary/aromatic N) is 1. The zero-order chi connectivity index (χ0) is 21.8. The Morgan fingerprint density at radius 3 is 2.30 bits per heavy atom. The van der Waals surface area contributed by atoms with Gasteiger partial charge in [-0.2, -0.15) is 0 Å². The average molecular weight is 405 g/mol. The van der Waals surface area contributed by atoms with Gasteiger partial charge in [0.2, 0.25) is 0 Å². The average Bonchev–Trinajstić information content (AvgIpc) is 2.68. The smallest absolute Gasteiger partial charge is 0.341 e. The van der Waals surface area contributed by atoms with Crippen molar-refractivity contribution in [3.05, 3.63) is 87.2 Å². The van der Waals surface area contributed by atoms with Gasteiger partial charge < -0.3 is 15.8 Å². The van der Waals surface area contributed by atoms with Crippen LogP contribution in [-0.4, -0.2) is 23.1 Å². The fourth-order valence-electron chi connectivity index (χ4n) is 3.11. The molecule has 3 aromatic rings. The normalized spacial score (nSPS) is 10.5. The van der Waals surface area contributed by atoms with Gasteiger partial charge in [0.1, 0.15) is 16.9 Å². The number of hydrogen-bond acceptors (Lipinski definition) is 5. The molecular weight excluding hydrogens is 382 g/mol. The molecule has 0 spiro atoms. The van der Waals surface area contributed by atoms with Crippen LogP contribution in [0.15, 0.2) is 59.4 Å². The van der Waals surface area contributed by atoms with Gasteiger partial charge in [0.25, 0.3) is 11.5 Å². The zero-order valence-corrected chi connectivity index (χ0v) is 17.1. The molecule has 0 atom stereocenters. The van der Waals surface area contributed by atoms with Crippen LogP contribution in [0.25, 0.3) is 5.69 Å². The van der Waals surface area contributed by atoms with Crippen LogP contribution in [0.2, 0.25) is 0 Å². The van der Waals surface area contributed by atoms with E-state index in [2.05, 4.69) is 5.32 Å². The Morgan fingerprint density at radius 1 is 1.00 bits per heavy atom. The fourth-order valence-corrected chi connectivity index (χ4v) is 3.11. The number of nitrogen functional groups attached to an aromatic ring is 1. The topological polar surface area (TPSA) is 103 Å². The maximum absolute atomic E-state index is 13.2. The highest BCUT2D eigenvalue weighted by molar-refractivity contribution is 6.06. The number of amides is 1. The molecule has 0 bridgehead atoms. The second-order valence-corrected chi connectivity index (χ2v) is 6.88. The van der Waals surface area contributed by atoms with Crippen LogP contribution in [0.1, 0.15) is 38.8 Å². The number of ether oxygens (including phenoxy) is 1. The van der Waals surface area contributed by atoms with Gasteiger partial charge in [-0.25, -0.2) is 4.79 Å². The minimum atomic E-state index is -0.707. The Kier molecular flexibility index (Phi) is 6.01. The van der Waals surface area contributed by atoms with Gasteiger partial charge in [0.15, 0.2) is 0 Å². The Balaban J connectivity index is 2.18. The van der Waals surface area contributed by atoms with E-state index in [9.17, 15) is 14.4 Å². The highest BCUT2D eigenvalue weighted by atomic mass is 16.5. The molecule has 0 saturated heterocycles. The van der Waals surface area contributed by atoms with Crippen LogP contribution >= 0.6 is 0 Å². The molecule has 0 fully saturated rings. The number of aromatic nitrogens is 1. The third kappa shape index (κ3) is 4.25. The van der Waals surface area contributed by atoms with E-state index in [1.165, 1.54) is 6.07 Å². The standard InChI is InChI=1S/C23H23N3O4/c1-4-30-23(29)18-13-19(21(27)25-16-9-5-7-14(2)11-16)22(28)26(20(18)24)17-10-6-8-15(3)12-17/h5-13H,4,24H2,1-3H3,(H,25,27). The quantitative estimate of drug-likeness (QED) is 0.633. The molecule has 0 unspecified atom stereocenters. The second-order valence-electron chi connectivity index (χ2n) is 6.88. The monoisotopic (exact) mass is 405 g/mol. The van der Waals surface area contributed by atoms with Gasteiger partial charge in [-0.1, -0.05) is 24.3 Å². The highest BCUT2D eigenvalue weighted by Gasteiger charge is 2.23. The first-order chi connectivity index (χ1) is 14.3. The van der Waals surface area contributed by atoms with Crippen LogP contribution in [0.3, 0.4) is 0 Å². The highest BCUT2D eigenvalue weighted by Crippen LogP contribution is 2.20. The first-order valence-electron chi connectivity index (χ1n) is 9.49. The predicted octanol–water partition coefficient (Wildman–Crippen LogP) is 3.47. The van der Waals surface area contributed by atoms with Crippen molar-refractivity contribution in [2.75, 3.05) is 17.7 Å². The van der Waals surface area contributed by atoms with Crippen LogP contribution in [0.5, 0.6) is 0 Å². The Morgan fingerprint density at radius 2 is 1.67 bits per heavy atom. The number of aryl methyl sites for hydroxylation is 2. The van der Waals surface area contributed by atoms with E-state index >= 15 is 0 Å². The van der Waals surface area contributed by atoms with Crippen LogP contribution in [0.4, 0.5) is 11.5 Å². The van der Waals surface area contributed by atoms with Crippen LogP contribution in [-0.2, 0) is 4.74 Å². The summed E-state index contributed by atoms with van der Waals surface area (Å²) in [7, 11) is 0. The summed E-state index contributed by atoms with van der Waals surface area (Å²) in [6.07, 6.45) is 0. The lowest BCUT2D eigenvalue weighted by Gasteiger charge is -2.16. The van der Waals surface area contributed by atoms with Crippen LogP contribution < -0.4 is 16.6 Å². The summed E-state index contributed by atoms with van der Waals surface area (Å²) in [4.78, 5) is 38.6. The van der Waals surface area contributed by atoms with E-state index in [-0.39, 0.29) is 23.6 Å². The Hall–Kier alpha value is -3.87. The number of rotatable bonds is 5. The van der Waals surface area contributed by atoms with Gasteiger partial charge in [-0.3, -0.25) is 14.2 Å². The summed E-state index contributed by atoms with van der Waals surface area (Å²) >= 11 is 0. The van der Waals surface area contributed by atoms with Crippen molar-refractivity contribution >= 4 is 23.4 Å². The van der Waals surface area contributed by atoms with Crippen molar-refractivity contribution < 1.29 is 14.3 Å². The van der Waals surface area contributed by atoms with Crippen molar-refractivity contribution in [1.82, 2.24) is 4.57 Å². The number of pyridine rings is 1. The number of nitrogens with two attached hydrogens (primary N) is 1. The number of carbonyl (C=O) groups excluding carboxylic acids is 2. The molecule has 154 valence electrons. The summed E-state index contributed by atoms with van der Waals surface area (Å²) in [6.45, 7) is 5.55. The minimum absolute atomic E-state index is 0.0488. The third-order valence-electron chi connectivity index (χ3n) is 4.51. The van der Waals surface area contributed by atoms with E-state index in [1.54, 1.807) is 43.3 Å². The van der Waals surface area contributed by atoms with Gasteiger partial charge in [-0.15, -0.1) is 0 Å². The third-order valence-corrected chi connectivity index (χ3v) is 4.51. The van der Waals surface area contributed by atoms with E-state index in [0.29, 0.717) is 11.4 Å². The number of hydrogen-bond donors (Lipinski definition) is 2. The lowest BCUT2D eigenvalue weighted by Crippen LogP contribution is -2.32. The van der Waals surface area contributed by atoms with Crippen molar-refractivity contribution in [3.63, 3.8) is 0 Å². The van der Waals surface area contributed by atoms with Gasteiger partial charge in [-0.05, 0) is 62.2 Å². The SMILES string of the molecule is CCOC(=O)c1cc(C(=O)Nc2cccc(C)c2)c(=O)n(-c2cccc(C)c2)c1N. The minimum Gasteiger partial charge on any atom is -0.462 e. The maximum Gasteiger partial charge on any atom is 0.341 e. The summed E-state index contributed by atoms with van der Waals surface area (Å²) in [5.74, 6) is -1.44. The number of nitrogens with one attached hydrogen (secondary N) is 1. The van der Waals surface area contributed by atoms with Gasteiger partial charge in [0, 0.05) is 5.69 Å². The number of benzene rings is 2. The largest absolute Gasteiger partial charge is 0.462 e. The van der Waals surface area contributed by atoms with E-state index in [0.717, 1.165) is 15.7 Å². The molecule has 3 rings (SSSR count). The molecule has 0 aliphatic rings. The van der Waals surface area contributed by atoms with Crippen molar-refractivity contribution in [2.24, 2.45) is 0 Å². The molecule has 7 nitrogen and oxygen atoms in total. The molecule has 2 aromatic carbocycles. The van der Waals surface area contributed by atoms with E-state index in [1.807, 2.05) is 26.0 Å². The summed E-state index contributed by atoms with van der Waals surface area (Å²) in [5, 5.41) is 2.70. The van der Waals surface area contributed by atoms with Gasteiger partial charge in [0.05, 0.1) is 12.3 Å². The zero-order valence-electron chi connectivity index (χ0n) is 17.1. The number of carbonyl (C=O) groups is 2. The number of esters is 1. The Bertz CT molecular complexity index is 1180. The Labute approximate surface area is 174 Å². The lowest BCUT2D eigenvalue weighted by molar-refractivity contribution is 0.0527. The molecule has 3 N–H and O–H groups in total. The van der Waals surface area contributed by atoms with E-state index in [4.69, 9.17) is 10.5 Å². The summed E-state index contributed by atoms with van der Waals surface area (Å²) < 4.78 is 6.22. The number of anilines is 2. The summed E-state index contributed by atoms with van der Waals surface area (Å²) in [6, 6.07) is 15.4. The molecule has 0 aliphatic heterocycles. The molecule has 1 aromatic heterocycles. The first kappa shape index (κ1) is 20.9. The van der Waals surface area contributed by atoms with Crippen molar-refractivity contribution in [2.45, 2.75) is 20.8 Å². The summed E-state index contributed by atoms with van der Waals surface area (Å²) in [5.41, 5.74) is 8.12. The second kappa shape index (κ2) is 8.65. The van der Waals surface area contributed by atoms with Crippen molar-refractivity contribution in [1.29, 1.82) is 0 Å². The molecule has 0 saturated carbocycles. The predicted molar refractivity (Wildman–Crippen MR) is 116 cm³/mol. The van der Waals surface area contributed by atoms with Gasteiger partial charge >= 0.3 is 5.97 Å². The maximum atomic E-state index is 13.2. The first-order valence-corrected chi connectivity index (χ1v) is 9.49. The van der Waals surface area contributed by atoms with E-state index < -0.39 is 17.4 Å². The molecule has 0 aliphatic carbocycles. The fraction of sp³-hybridized carbons (Fsp3) is 0.174. The molecule has 0 radical (unpaired) electrons.